The van der Waals surface area contributed by atoms with Gasteiger partial charge in [-0.3, -0.25) is 0 Å². The molecule has 6 heteroatoms. The standard InChI is InChI=1S/C16H18N6/c1-3-11(9-17-6-1)21-15-12(4-2-7-18-15)14-10-20-16-13(22-14)5-8-19-16/h2,4-5,7-8,10-11,17H,1,3,6,9H2,(H,18,21)(H,19,20)/t11-/m0/s1. The third kappa shape index (κ3) is 2.53. The minimum absolute atomic E-state index is 0.409. The summed E-state index contributed by atoms with van der Waals surface area (Å²) in [4.78, 5) is 16.7. The van der Waals surface area contributed by atoms with Gasteiger partial charge in [-0.1, -0.05) is 0 Å². The van der Waals surface area contributed by atoms with Crippen LogP contribution in [0.25, 0.3) is 22.4 Å². The molecule has 1 aliphatic heterocycles. The second-order valence-electron chi connectivity index (χ2n) is 5.55. The molecule has 1 atom stereocenters. The zero-order valence-corrected chi connectivity index (χ0v) is 12.2. The highest BCUT2D eigenvalue weighted by molar-refractivity contribution is 5.78. The maximum Gasteiger partial charge on any atom is 0.156 e. The number of nitrogens with zero attached hydrogens (tertiary/aromatic N) is 3. The molecule has 0 spiro atoms. The molecule has 3 aromatic rings. The molecule has 0 aliphatic carbocycles. The summed E-state index contributed by atoms with van der Waals surface area (Å²) in [6, 6.07) is 6.31. The van der Waals surface area contributed by atoms with Crippen molar-refractivity contribution in [1.29, 1.82) is 0 Å². The van der Waals surface area contributed by atoms with E-state index in [-0.39, 0.29) is 0 Å². The average molecular weight is 294 g/mol. The summed E-state index contributed by atoms with van der Waals surface area (Å²) in [5, 5.41) is 6.95. The second kappa shape index (κ2) is 5.73. The lowest BCUT2D eigenvalue weighted by Gasteiger charge is -2.25. The molecule has 0 saturated carbocycles. The molecule has 4 rings (SSSR count). The molecule has 1 fully saturated rings. The minimum Gasteiger partial charge on any atom is -0.366 e. The quantitative estimate of drug-likeness (QED) is 0.690. The number of piperidine rings is 1. The van der Waals surface area contributed by atoms with E-state index in [9.17, 15) is 0 Å². The van der Waals surface area contributed by atoms with E-state index in [1.54, 1.807) is 6.20 Å². The van der Waals surface area contributed by atoms with Crippen molar-refractivity contribution < 1.29 is 0 Å². The van der Waals surface area contributed by atoms with Crippen molar-refractivity contribution in [2.75, 3.05) is 18.4 Å². The molecule has 112 valence electrons. The maximum atomic E-state index is 4.67. The highest BCUT2D eigenvalue weighted by atomic mass is 15.1. The Bertz CT molecular complexity index is 775. The number of hydrogen-bond acceptors (Lipinski definition) is 5. The number of aromatic nitrogens is 4. The van der Waals surface area contributed by atoms with Crippen LogP contribution in [0, 0.1) is 0 Å². The molecular weight excluding hydrogens is 276 g/mol. The van der Waals surface area contributed by atoms with Gasteiger partial charge < -0.3 is 15.6 Å². The largest absolute Gasteiger partial charge is 0.366 e. The molecule has 0 unspecified atom stereocenters. The number of hydrogen-bond donors (Lipinski definition) is 3. The fourth-order valence-electron chi connectivity index (χ4n) is 2.86. The van der Waals surface area contributed by atoms with Crippen molar-refractivity contribution in [3.8, 4) is 11.3 Å². The van der Waals surface area contributed by atoms with E-state index in [1.165, 1.54) is 6.42 Å². The van der Waals surface area contributed by atoms with Crippen LogP contribution in [0.15, 0.2) is 36.8 Å². The topological polar surface area (TPSA) is 78.5 Å². The molecular formula is C16H18N6. The lowest BCUT2D eigenvalue weighted by Crippen LogP contribution is -2.38. The van der Waals surface area contributed by atoms with E-state index in [0.29, 0.717) is 6.04 Å². The van der Waals surface area contributed by atoms with Crippen molar-refractivity contribution in [2.24, 2.45) is 0 Å². The summed E-state index contributed by atoms with van der Waals surface area (Å²) < 4.78 is 0. The molecule has 22 heavy (non-hydrogen) atoms. The zero-order chi connectivity index (χ0) is 14.8. The van der Waals surface area contributed by atoms with Gasteiger partial charge in [-0.05, 0) is 37.6 Å². The van der Waals surface area contributed by atoms with Crippen LogP contribution in [0.3, 0.4) is 0 Å². The SMILES string of the molecule is c1cnc(N[C@H]2CCCNC2)c(-c2cnc3[nH]ccc3n2)c1. The molecule has 0 radical (unpaired) electrons. The second-order valence-corrected chi connectivity index (χ2v) is 5.55. The van der Waals surface area contributed by atoms with Gasteiger partial charge >= 0.3 is 0 Å². The van der Waals surface area contributed by atoms with E-state index >= 15 is 0 Å². The summed E-state index contributed by atoms with van der Waals surface area (Å²) in [5.74, 6) is 0.875. The monoisotopic (exact) mass is 294 g/mol. The molecule has 0 aromatic carbocycles. The highest BCUT2D eigenvalue weighted by Gasteiger charge is 2.16. The Morgan fingerprint density at radius 2 is 2.23 bits per heavy atom. The van der Waals surface area contributed by atoms with Gasteiger partial charge in [0.05, 0.1) is 11.9 Å². The van der Waals surface area contributed by atoms with Gasteiger partial charge in [0.25, 0.3) is 0 Å². The Balaban J connectivity index is 1.68. The van der Waals surface area contributed by atoms with Crippen LogP contribution in [-0.4, -0.2) is 39.1 Å². The fraction of sp³-hybridized carbons (Fsp3) is 0.312. The Labute approximate surface area is 128 Å². The number of rotatable bonds is 3. The third-order valence-corrected chi connectivity index (χ3v) is 3.98. The smallest absolute Gasteiger partial charge is 0.156 e. The summed E-state index contributed by atoms with van der Waals surface area (Å²) in [6.07, 6.45) is 7.80. The predicted octanol–water partition coefficient (Wildman–Crippen LogP) is 2.18. The lowest BCUT2D eigenvalue weighted by molar-refractivity contribution is 0.479. The summed E-state index contributed by atoms with van der Waals surface area (Å²) in [7, 11) is 0. The first-order chi connectivity index (χ1) is 10.9. The normalized spacial score (nSPS) is 18.5. The van der Waals surface area contributed by atoms with Gasteiger partial charge in [-0.2, -0.15) is 0 Å². The van der Waals surface area contributed by atoms with E-state index in [4.69, 9.17) is 0 Å². The van der Waals surface area contributed by atoms with Crippen LogP contribution < -0.4 is 10.6 Å². The van der Waals surface area contributed by atoms with E-state index < -0.39 is 0 Å². The molecule has 0 amide bonds. The fourth-order valence-corrected chi connectivity index (χ4v) is 2.86. The first-order valence-corrected chi connectivity index (χ1v) is 7.63. The molecule has 1 saturated heterocycles. The van der Waals surface area contributed by atoms with Crippen LogP contribution >= 0.6 is 0 Å². The van der Waals surface area contributed by atoms with Crippen LogP contribution in [0.4, 0.5) is 5.82 Å². The van der Waals surface area contributed by atoms with Crippen molar-refractivity contribution in [3.63, 3.8) is 0 Å². The third-order valence-electron chi connectivity index (χ3n) is 3.98. The van der Waals surface area contributed by atoms with Gasteiger partial charge in [0.1, 0.15) is 11.3 Å². The van der Waals surface area contributed by atoms with Gasteiger partial charge in [0, 0.05) is 30.5 Å². The zero-order valence-electron chi connectivity index (χ0n) is 12.2. The molecule has 6 nitrogen and oxygen atoms in total. The van der Waals surface area contributed by atoms with E-state index in [2.05, 4.69) is 30.6 Å². The number of fused-ring (bicyclic) bond motifs is 1. The minimum atomic E-state index is 0.409. The first kappa shape index (κ1) is 13.2. The van der Waals surface area contributed by atoms with Gasteiger partial charge in [-0.15, -0.1) is 0 Å². The van der Waals surface area contributed by atoms with Crippen molar-refractivity contribution in [2.45, 2.75) is 18.9 Å². The average Bonchev–Trinajstić information content (AvgIpc) is 3.04. The number of aromatic amines is 1. The first-order valence-electron chi connectivity index (χ1n) is 7.63. The maximum absolute atomic E-state index is 4.67. The van der Waals surface area contributed by atoms with Crippen molar-refractivity contribution in [3.05, 3.63) is 36.8 Å². The lowest BCUT2D eigenvalue weighted by atomic mass is 10.1. The molecule has 4 heterocycles. The summed E-state index contributed by atoms with van der Waals surface area (Å²) in [6.45, 7) is 2.07. The van der Waals surface area contributed by atoms with Crippen LogP contribution in [0.1, 0.15) is 12.8 Å². The number of H-pyrrole nitrogens is 1. The summed E-state index contributed by atoms with van der Waals surface area (Å²) in [5.41, 5.74) is 3.50. The highest BCUT2D eigenvalue weighted by Crippen LogP contribution is 2.26. The van der Waals surface area contributed by atoms with Gasteiger partial charge in [0.2, 0.25) is 0 Å². The van der Waals surface area contributed by atoms with Crippen LogP contribution in [-0.2, 0) is 0 Å². The van der Waals surface area contributed by atoms with Gasteiger partial charge in [-0.25, -0.2) is 15.0 Å². The van der Waals surface area contributed by atoms with Crippen molar-refractivity contribution >= 4 is 17.0 Å². The Morgan fingerprint density at radius 1 is 1.23 bits per heavy atom. The van der Waals surface area contributed by atoms with Crippen molar-refractivity contribution in [1.82, 2.24) is 25.3 Å². The number of nitrogens with one attached hydrogen (secondary N) is 3. The van der Waals surface area contributed by atoms with E-state index in [0.717, 1.165) is 47.7 Å². The molecule has 0 bridgehead atoms. The number of pyridine rings is 1. The predicted molar refractivity (Wildman–Crippen MR) is 86.6 cm³/mol. The Hall–Kier alpha value is -2.47. The van der Waals surface area contributed by atoms with Crippen LogP contribution in [0.2, 0.25) is 0 Å². The Morgan fingerprint density at radius 3 is 3.14 bits per heavy atom. The molecule has 3 N–H and O–H groups in total. The number of anilines is 1. The molecule has 1 aliphatic rings. The molecule has 3 aromatic heterocycles. The summed E-state index contributed by atoms with van der Waals surface area (Å²) >= 11 is 0. The van der Waals surface area contributed by atoms with E-state index in [1.807, 2.05) is 30.6 Å². The van der Waals surface area contributed by atoms with Gasteiger partial charge in [0.15, 0.2) is 5.65 Å². The Kier molecular flexibility index (Phi) is 3.44. The van der Waals surface area contributed by atoms with Crippen LogP contribution in [0.5, 0.6) is 0 Å².